The molecule has 13 heteroatoms. The molecule has 1 aromatic heterocycles. The number of hydrogen-bond acceptors (Lipinski definition) is 8. The number of para-hydroxylation sites is 1. The van der Waals surface area contributed by atoms with Crippen LogP contribution in [0.4, 0.5) is 9.18 Å². The molecule has 3 aliphatic rings. The summed E-state index contributed by atoms with van der Waals surface area (Å²) in [6.45, 7) is 3.56. The van der Waals surface area contributed by atoms with Gasteiger partial charge in [-0.15, -0.1) is 0 Å². The number of nitrogens with one attached hydrogen (secondary N) is 2. The van der Waals surface area contributed by atoms with Crippen LogP contribution < -0.4 is 20.1 Å². The number of aliphatic carboxylic acids is 1. The second-order valence-corrected chi connectivity index (χ2v) is 12.4. The van der Waals surface area contributed by atoms with Gasteiger partial charge in [0.25, 0.3) is 0 Å². The van der Waals surface area contributed by atoms with Crippen molar-refractivity contribution in [2.75, 3.05) is 26.4 Å². The number of carbonyl (C=O) groups is 4. The molecule has 1 saturated carbocycles. The molecular weight excluding hydrogens is 611 g/mol. The molecule has 0 unspecified atom stereocenters. The average molecular weight is 655 g/mol. The standard InChI is InChI=1S/C34H43FN4O8/c1-3-45-28-18-27(25-13-8-10-21(2)30(25)37-28)47-24-17-26-31(41)38-34(32(42)43)19-22(34)11-6-4-5-7-12-23(16-29(40)39(26)20-24)36-33(44)46-15-9-14-35/h6,8,10-11,13,18,22-24,26H,3-5,7,9,12,14-17,19-20H2,1-2H3,(H,36,44)(H,38,41)(H,42,43)/b11-6-/t22-,23-,24+,26-,34+/m0/s1. The number of alkyl carbamates (subject to hydrolysis) is 1. The van der Waals surface area contributed by atoms with Crippen molar-refractivity contribution in [2.24, 2.45) is 5.92 Å². The fourth-order valence-corrected chi connectivity index (χ4v) is 6.41. The predicted octanol–water partition coefficient (Wildman–Crippen LogP) is 4.22. The number of ether oxygens (including phenoxy) is 3. The van der Waals surface area contributed by atoms with E-state index in [0.717, 1.165) is 17.4 Å². The lowest BCUT2D eigenvalue weighted by atomic mass is 10.0. The number of halogens is 1. The van der Waals surface area contributed by atoms with Crippen molar-refractivity contribution in [3.05, 3.63) is 42.0 Å². The summed E-state index contributed by atoms with van der Waals surface area (Å²) >= 11 is 0. The molecule has 2 aliphatic heterocycles. The third kappa shape index (κ3) is 7.94. The number of fused-ring (bicyclic) bond motifs is 3. The molecule has 0 radical (unpaired) electrons. The van der Waals surface area contributed by atoms with Gasteiger partial charge in [0.2, 0.25) is 17.7 Å². The summed E-state index contributed by atoms with van der Waals surface area (Å²) in [7, 11) is 0. The molecule has 12 nitrogen and oxygen atoms in total. The van der Waals surface area contributed by atoms with Gasteiger partial charge in [0, 0.05) is 42.7 Å². The number of allylic oxidation sites excluding steroid dienone is 1. The van der Waals surface area contributed by atoms with E-state index in [0.29, 0.717) is 43.0 Å². The van der Waals surface area contributed by atoms with Gasteiger partial charge in [-0.3, -0.25) is 14.0 Å². The molecule has 0 bridgehead atoms. The molecule has 3 heterocycles. The Morgan fingerprint density at radius 1 is 1.26 bits per heavy atom. The molecule has 0 spiro atoms. The Labute approximate surface area is 273 Å². The van der Waals surface area contributed by atoms with E-state index in [4.69, 9.17) is 14.2 Å². The van der Waals surface area contributed by atoms with Crippen LogP contribution >= 0.6 is 0 Å². The molecular formula is C34H43FN4O8. The van der Waals surface area contributed by atoms with E-state index in [1.807, 2.05) is 44.2 Å². The van der Waals surface area contributed by atoms with Crippen LogP contribution in [0.3, 0.4) is 0 Å². The van der Waals surface area contributed by atoms with Crippen LogP contribution in [0.5, 0.6) is 11.6 Å². The van der Waals surface area contributed by atoms with Crippen LogP contribution in [-0.4, -0.2) is 89.0 Å². The average Bonchev–Trinajstić information content (AvgIpc) is 3.56. The van der Waals surface area contributed by atoms with Gasteiger partial charge in [0.1, 0.15) is 23.4 Å². The zero-order valence-electron chi connectivity index (χ0n) is 26.8. The number of carboxylic acids is 1. The second-order valence-electron chi connectivity index (χ2n) is 12.4. The Bertz CT molecular complexity index is 1520. The number of alkyl halides is 1. The van der Waals surface area contributed by atoms with Crippen LogP contribution in [-0.2, 0) is 19.1 Å². The van der Waals surface area contributed by atoms with Gasteiger partial charge in [-0.2, -0.15) is 0 Å². The molecule has 2 aromatic rings. The number of aromatic nitrogens is 1. The topological polar surface area (TPSA) is 156 Å². The third-order valence-electron chi connectivity index (χ3n) is 8.99. The van der Waals surface area contributed by atoms with E-state index < -0.39 is 48.4 Å². The predicted molar refractivity (Wildman–Crippen MR) is 170 cm³/mol. The zero-order chi connectivity index (χ0) is 33.6. The first-order chi connectivity index (χ1) is 22.6. The Morgan fingerprint density at radius 3 is 2.85 bits per heavy atom. The molecule has 47 heavy (non-hydrogen) atoms. The lowest BCUT2D eigenvalue weighted by molar-refractivity contribution is -0.145. The van der Waals surface area contributed by atoms with Crippen molar-refractivity contribution in [1.82, 2.24) is 20.5 Å². The number of rotatable bonds is 9. The van der Waals surface area contributed by atoms with E-state index in [-0.39, 0.29) is 50.7 Å². The fourth-order valence-electron chi connectivity index (χ4n) is 6.41. The SMILES string of the molecule is CCOc1cc(O[C@@H]2C[C@H]3C(=O)N[C@]4(C(=O)O)C[C@@H]4/C=C\CCCC[C@H](NC(=O)OCCCF)CC(=O)N3C2)c2cccc(C)c2n1. The number of benzene rings is 1. The number of carbonyl (C=O) groups excluding carboxylic acids is 3. The van der Waals surface area contributed by atoms with Crippen molar-refractivity contribution >= 4 is 34.8 Å². The van der Waals surface area contributed by atoms with Crippen LogP contribution in [0.2, 0.25) is 0 Å². The Kier molecular flexibility index (Phi) is 10.8. The Morgan fingerprint density at radius 2 is 2.09 bits per heavy atom. The van der Waals surface area contributed by atoms with Gasteiger partial charge in [-0.25, -0.2) is 14.6 Å². The first-order valence-corrected chi connectivity index (χ1v) is 16.4. The van der Waals surface area contributed by atoms with Gasteiger partial charge in [0.05, 0.1) is 31.9 Å². The van der Waals surface area contributed by atoms with E-state index in [1.54, 1.807) is 6.07 Å². The van der Waals surface area contributed by atoms with Gasteiger partial charge in [-0.1, -0.05) is 30.7 Å². The van der Waals surface area contributed by atoms with E-state index in [9.17, 15) is 28.7 Å². The number of aryl methyl sites for hydroxylation is 1. The number of hydrogen-bond donors (Lipinski definition) is 3. The maximum Gasteiger partial charge on any atom is 0.407 e. The first-order valence-electron chi connectivity index (χ1n) is 16.4. The first kappa shape index (κ1) is 33.9. The van der Waals surface area contributed by atoms with Crippen molar-refractivity contribution in [1.29, 1.82) is 0 Å². The monoisotopic (exact) mass is 654 g/mol. The lowest BCUT2D eigenvalue weighted by Crippen LogP contribution is -2.53. The minimum absolute atomic E-state index is 0.0631. The highest BCUT2D eigenvalue weighted by molar-refractivity contribution is 5.95. The molecule has 5 atom stereocenters. The lowest BCUT2D eigenvalue weighted by Gasteiger charge is -2.27. The summed E-state index contributed by atoms with van der Waals surface area (Å²) in [6, 6.07) is 5.81. The van der Waals surface area contributed by atoms with Crippen LogP contribution in [0.25, 0.3) is 10.9 Å². The number of nitrogens with zero attached hydrogens (tertiary/aromatic N) is 2. The molecule has 1 aliphatic carbocycles. The summed E-state index contributed by atoms with van der Waals surface area (Å²) in [4.78, 5) is 58.6. The minimum Gasteiger partial charge on any atom is -0.488 e. The van der Waals surface area contributed by atoms with Crippen LogP contribution in [0.1, 0.15) is 63.9 Å². The summed E-state index contributed by atoms with van der Waals surface area (Å²) < 4.78 is 29.8. The highest BCUT2D eigenvalue weighted by atomic mass is 19.1. The molecule has 3 amide bonds. The highest BCUT2D eigenvalue weighted by Gasteiger charge is 2.61. The van der Waals surface area contributed by atoms with Crippen molar-refractivity contribution in [3.63, 3.8) is 0 Å². The van der Waals surface area contributed by atoms with Crippen LogP contribution in [0.15, 0.2) is 36.4 Å². The quantitative estimate of drug-likeness (QED) is 0.266. The zero-order valence-corrected chi connectivity index (χ0v) is 26.8. The number of amides is 3. The van der Waals surface area contributed by atoms with Gasteiger partial charge >= 0.3 is 12.1 Å². The number of pyridine rings is 1. The van der Waals surface area contributed by atoms with Gasteiger partial charge in [0.15, 0.2) is 0 Å². The van der Waals surface area contributed by atoms with Crippen molar-refractivity contribution in [2.45, 2.75) is 88.9 Å². The summed E-state index contributed by atoms with van der Waals surface area (Å²) in [6.07, 6.45) is 5.37. The van der Waals surface area contributed by atoms with E-state index in [2.05, 4.69) is 15.6 Å². The number of carboxylic acid groups (broad SMARTS) is 1. The summed E-state index contributed by atoms with van der Waals surface area (Å²) in [5, 5.41) is 16.3. The smallest absolute Gasteiger partial charge is 0.407 e. The van der Waals surface area contributed by atoms with Crippen LogP contribution in [0, 0.1) is 12.8 Å². The van der Waals surface area contributed by atoms with Crippen molar-refractivity contribution < 1.29 is 42.9 Å². The summed E-state index contributed by atoms with van der Waals surface area (Å²) in [5.41, 5.74) is 0.204. The van der Waals surface area contributed by atoms with Gasteiger partial charge in [-0.05, 0) is 51.2 Å². The molecule has 3 N–H and O–H groups in total. The largest absolute Gasteiger partial charge is 0.488 e. The minimum atomic E-state index is -1.43. The molecule has 254 valence electrons. The molecule has 1 aromatic carbocycles. The summed E-state index contributed by atoms with van der Waals surface area (Å²) in [5.74, 6) is -1.56. The second kappa shape index (κ2) is 15.0. The van der Waals surface area contributed by atoms with E-state index in [1.165, 1.54) is 4.90 Å². The highest BCUT2D eigenvalue weighted by Crippen LogP contribution is 2.45. The Hall–Kier alpha value is -4.42. The Balaban J connectivity index is 1.42. The maximum atomic E-state index is 13.9. The molecule has 5 rings (SSSR count). The molecule has 2 fully saturated rings. The van der Waals surface area contributed by atoms with Crippen molar-refractivity contribution in [3.8, 4) is 11.6 Å². The van der Waals surface area contributed by atoms with Gasteiger partial charge < -0.3 is 34.9 Å². The normalized spacial score (nSPS) is 27.0. The maximum absolute atomic E-state index is 13.9. The van der Waals surface area contributed by atoms with E-state index >= 15 is 0 Å². The molecule has 1 saturated heterocycles. The fraction of sp³-hybridized carbons (Fsp3) is 0.559. The third-order valence-corrected chi connectivity index (χ3v) is 8.99.